The van der Waals surface area contributed by atoms with Crippen molar-refractivity contribution in [1.82, 2.24) is 4.90 Å². The monoisotopic (exact) mass is 986 g/mol. The lowest BCUT2D eigenvalue weighted by atomic mass is 9.78. The Morgan fingerprint density at radius 3 is 2.20 bits per heavy atom. The molecule has 4 rings (SSSR count). The van der Waals surface area contributed by atoms with Crippen LogP contribution in [0.5, 0.6) is 0 Å². The number of Topliss-reactive ketones (excluding diaryl/α,β-unsaturated/α-hetero) is 3. The lowest BCUT2D eigenvalue weighted by Crippen LogP contribution is -2.61. The number of aliphatic hydroxyl groups excluding tert-OH is 1. The van der Waals surface area contributed by atoms with E-state index in [2.05, 4.69) is 19.6 Å². The molecule has 3 heterocycles. The zero-order chi connectivity index (χ0) is 51.4. The van der Waals surface area contributed by atoms with Gasteiger partial charge in [-0.2, -0.15) is 0 Å². The van der Waals surface area contributed by atoms with Crippen LogP contribution in [0.1, 0.15) is 126 Å². The van der Waals surface area contributed by atoms with Crippen molar-refractivity contribution in [3.8, 4) is 0 Å². The van der Waals surface area contributed by atoms with E-state index in [4.69, 9.17) is 28.1 Å². The number of carbonyl (C=O) groups excluding carboxylic acids is 5. The number of methoxy groups -OCH3 is 3. The number of ketones is 3. The first kappa shape index (κ1) is 58.4. The summed E-state index contributed by atoms with van der Waals surface area (Å²) in [6.07, 6.45) is 12.8. The van der Waals surface area contributed by atoms with Crippen molar-refractivity contribution in [2.45, 2.75) is 200 Å². The molecule has 390 valence electrons. The summed E-state index contributed by atoms with van der Waals surface area (Å²) in [5.41, 5.74) is 1.29. The van der Waals surface area contributed by atoms with E-state index in [1.54, 1.807) is 41.1 Å². The Kier molecular flexibility index (Phi) is 22.4. The summed E-state index contributed by atoms with van der Waals surface area (Å²) in [7, 11) is 2.84. The Hall–Kier alpha value is -3.15. The van der Waals surface area contributed by atoms with Gasteiger partial charge in [-0.25, -0.2) is 4.79 Å². The van der Waals surface area contributed by atoms with Crippen LogP contribution in [0.25, 0.3) is 0 Å². The summed E-state index contributed by atoms with van der Waals surface area (Å²) in [6.45, 7) is 19.4. The van der Waals surface area contributed by atoms with Crippen LogP contribution >= 0.6 is 0 Å². The molecule has 2 N–H and O–H groups in total. The summed E-state index contributed by atoms with van der Waals surface area (Å²) in [4.78, 5) is 72.4. The molecule has 2 bridgehead atoms. The molecule has 0 radical (unpaired) electrons. The minimum atomic E-state index is -2.42. The number of nitrogens with zero attached hydrogens (tertiary/aromatic N) is 1. The minimum Gasteiger partial charge on any atom is -0.460 e. The summed E-state index contributed by atoms with van der Waals surface area (Å²) < 4.78 is 36.4. The molecule has 69 heavy (non-hydrogen) atoms. The Bertz CT molecular complexity index is 1870. The van der Waals surface area contributed by atoms with Gasteiger partial charge in [0.2, 0.25) is 5.79 Å². The van der Waals surface area contributed by atoms with E-state index in [1.807, 2.05) is 58.1 Å². The molecule has 1 saturated carbocycles. The molecule has 0 aromatic heterocycles. The first-order chi connectivity index (χ1) is 32.4. The number of hydrogen-bond donors (Lipinski definition) is 2. The number of rotatable bonds is 8. The van der Waals surface area contributed by atoms with Gasteiger partial charge in [-0.15, -0.1) is 0 Å². The topological polar surface area (TPSA) is 184 Å². The van der Waals surface area contributed by atoms with Crippen molar-refractivity contribution in [2.75, 3.05) is 27.9 Å². The van der Waals surface area contributed by atoms with Gasteiger partial charge >= 0.3 is 5.97 Å². The van der Waals surface area contributed by atoms with E-state index in [0.29, 0.717) is 50.5 Å². The van der Waals surface area contributed by atoms with Gasteiger partial charge in [0, 0.05) is 58.5 Å². The Balaban J connectivity index is 1.70. The van der Waals surface area contributed by atoms with Gasteiger partial charge < -0.3 is 43.2 Å². The molecule has 3 fully saturated rings. The lowest BCUT2D eigenvalue weighted by Gasteiger charge is -2.42. The maximum Gasteiger partial charge on any atom is 0.329 e. The number of esters is 1. The number of ether oxygens (including phenoxy) is 5. The zero-order valence-corrected chi connectivity index (χ0v) is 45.1. The molecule has 4 aliphatic rings. The Morgan fingerprint density at radius 2 is 1.55 bits per heavy atom. The molecule has 1 amide bonds. The summed E-state index contributed by atoms with van der Waals surface area (Å²) in [6, 6.07) is -1.13. The van der Waals surface area contributed by atoms with E-state index in [-0.39, 0.29) is 60.9 Å². The third kappa shape index (κ3) is 16.2. The highest BCUT2D eigenvalue weighted by Gasteiger charge is 2.53. The molecule has 15 heteroatoms. The number of amides is 1. The number of allylic oxidation sites excluding steroid dienone is 6. The van der Waals surface area contributed by atoms with Gasteiger partial charge in [-0.1, -0.05) is 71.1 Å². The van der Waals surface area contributed by atoms with Crippen LogP contribution in [0.15, 0.2) is 47.6 Å². The van der Waals surface area contributed by atoms with E-state index in [9.17, 15) is 34.2 Å². The van der Waals surface area contributed by atoms with Crippen molar-refractivity contribution in [3.05, 3.63) is 47.6 Å². The first-order valence-electron chi connectivity index (χ1n) is 25.6. The maximum absolute atomic E-state index is 14.5. The van der Waals surface area contributed by atoms with Crippen molar-refractivity contribution in [2.24, 2.45) is 35.5 Å². The third-order valence-electron chi connectivity index (χ3n) is 15.0. The number of carbonyl (C=O) groups is 5. The molecule has 0 spiro atoms. The van der Waals surface area contributed by atoms with E-state index >= 15 is 0 Å². The van der Waals surface area contributed by atoms with Crippen molar-refractivity contribution in [1.29, 1.82) is 0 Å². The number of cyclic esters (lactones) is 1. The van der Waals surface area contributed by atoms with Gasteiger partial charge in [0.05, 0.1) is 24.4 Å². The molecular weight excluding hydrogens is 899 g/mol. The fourth-order valence-electron chi connectivity index (χ4n) is 10.7. The number of aliphatic hydroxyl groups is 2. The first-order valence-corrected chi connectivity index (χ1v) is 29.0. The van der Waals surface area contributed by atoms with Crippen molar-refractivity contribution in [3.63, 3.8) is 0 Å². The van der Waals surface area contributed by atoms with E-state index < -0.39 is 86.1 Å². The van der Waals surface area contributed by atoms with Crippen LogP contribution < -0.4 is 0 Å². The molecular formula is C54H87NO13Si. The Morgan fingerprint density at radius 1 is 0.841 bits per heavy atom. The maximum atomic E-state index is 14.5. The second-order valence-corrected chi connectivity index (χ2v) is 26.3. The molecule has 0 aromatic carbocycles. The highest BCUT2D eigenvalue weighted by atomic mass is 28.4. The molecule has 2 saturated heterocycles. The molecule has 14 nitrogen and oxygen atoms in total. The van der Waals surface area contributed by atoms with E-state index in [0.717, 1.165) is 24.8 Å². The molecule has 3 aliphatic heterocycles. The van der Waals surface area contributed by atoms with Crippen LogP contribution in [0.3, 0.4) is 0 Å². The fourth-order valence-corrected chi connectivity index (χ4v) is 11.9. The van der Waals surface area contributed by atoms with Gasteiger partial charge in [-0.3, -0.25) is 19.2 Å². The summed E-state index contributed by atoms with van der Waals surface area (Å²) >= 11 is 0. The zero-order valence-electron chi connectivity index (χ0n) is 44.1. The molecule has 1 unspecified atom stereocenters. The smallest absolute Gasteiger partial charge is 0.329 e. The highest BCUT2D eigenvalue weighted by Crippen LogP contribution is 2.38. The largest absolute Gasteiger partial charge is 0.460 e. The van der Waals surface area contributed by atoms with Crippen LogP contribution in [-0.4, -0.2) is 135 Å². The average molecular weight is 986 g/mol. The predicted octanol–water partition coefficient (Wildman–Crippen LogP) is 8.04. The molecule has 15 atom stereocenters. The molecule has 0 aromatic rings. The van der Waals surface area contributed by atoms with Crippen molar-refractivity contribution >= 4 is 37.5 Å². The number of fused-ring (bicyclic) bond motifs is 3. The number of piperidine rings is 1. The lowest BCUT2D eigenvalue weighted by molar-refractivity contribution is -0.265. The SMILES string of the molecule is CO[C@H]1C[C@@H]2CC[C@@H](C)[C@@](O)(O2)C(=O)C(=O)N2CCCC[C@H]2C(=O)OC([C@@H](C)C[C@@H]2CC[C@@H](O[Si](C)(C)C)[C@H](OC)C2)CC(=O)[C@H](C)/C=C(\C)[C@@H](O)[C@@H](OC)C(=O)[C@H](C)C[C@H](C)/C=C/C=C/C=C/1C. The third-order valence-corrected chi connectivity index (χ3v) is 16.0. The van der Waals surface area contributed by atoms with Crippen LogP contribution in [-0.2, 0) is 52.1 Å². The van der Waals surface area contributed by atoms with Gasteiger partial charge in [-0.05, 0) is 127 Å². The van der Waals surface area contributed by atoms with Gasteiger partial charge in [0.15, 0.2) is 14.1 Å². The van der Waals surface area contributed by atoms with Crippen molar-refractivity contribution < 1.29 is 62.3 Å². The standard InChI is InChI=1S/C54H87NO13Si/c1-33-19-15-14-16-20-34(2)45(63-8)31-41-24-22-39(7)54(62,67-41)51(59)52(60)55-26-18-17-21-42(55)53(61)66-46(36(4)29-40-23-25-44(47(30-40)64-9)68-69(11,12)13)32-43(56)35(3)28-38(6)49(58)50(65-10)48(57)37(5)27-33/h14-16,19-20,28,33,35-37,39-42,44-47,49-50,58,62H,17-18,21-27,29-32H2,1-13H3/b16-14+,19-15+,34-20+,38-28+/t33-,35-,36+,37-,39-,40+,41+,42+,44-,45+,46?,47-,49-,50+,54-/m1/s1. The number of hydrogen-bond acceptors (Lipinski definition) is 13. The van der Waals surface area contributed by atoms with Crippen LogP contribution in [0.4, 0.5) is 0 Å². The highest BCUT2D eigenvalue weighted by molar-refractivity contribution is 6.69. The average Bonchev–Trinajstić information content (AvgIpc) is 3.30. The second-order valence-electron chi connectivity index (χ2n) is 21.8. The quantitative estimate of drug-likeness (QED) is 0.103. The van der Waals surface area contributed by atoms with Crippen LogP contribution in [0.2, 0.25) is 19.6 Å². The second kappa shape index (κ2) is 26.5. The fraction of sp³-hybridized carbons (Fsp3) is 0.759. The Labute approximate surface area is 414 Å². The molecule has 1 aliphatic carbocycles. The van der Waals surface area contributed by atoms with Crippen LogP contribution in [0, 0.1) is 35.5 Å². The van der Waals surface area contributed by atoms with E-state index in [1.165, 1.54) is 12.0 Å². The minimum absolute atomic E-state index is 0.0132. The summed E-state index contributed by atoms with van der Waals surface area (Å²) in [5.74, 6) is -7.72. The summed E-state index contributed by atoms with van der Waals surface area (Å²) in [5, 5.41) is 23.5. The van der Waals surface area contributed by atoms with Gasteiger partial charge in [0.1, 0.15) is 30.1 Å². The normalized spacial score (nSPS) is 39.0. The van der Waals surface area contributed by atoms with Gasteiger partial charge in [0.25, 0.3) is 11.7 Å². The predicted molar refractivity (Wildman–Crippen MR) is 267 cm³/mol.